The number of nitriles is 1. The Morgan fingerprint density at radius 1 is 1.47 bits per heavy atom. The Kier molecular flexibility index (Phi) is 3.35. The molecule has 1 aromatic carbocycles. The normalized spacial score (nSPS) is 10.5. The largest absolute Gasteiger partial charge is 0.369 e. The predicted octanol–water partition coefficient (Wildman–Crippen LogP) is 0.351. The molecule has 0 fully saturated rings. The first-order valence-electron chi connectivity index (χ1n) is 3.92. The molecule has 15 heavy (non-hydrogen) atoms. The number of nitrogens with zero attached hydrogens (tertiary/aromatic N) is 2. The van der Waals surface area contributed by atoms with Crippen molar-refractivity contribution in [1.29, 1.82) is 5.26 Å². The van der Waals surface area contributed by atoms with Crippen molar-refractivity contribution < 1.29 is 9.18 Å². The van der Waals surface area contributed by atoms with Gasteiger partial charge < -0.3 is 5.73 Å². The number of aliphatic imine (C=N–C) groups is 1. The van der Waals surface area contributed by atoms with Crippen LogP contribution in [0.5, 0.6) is 0 Å². The van der Waals surface area contributed by atoms with Gasteiger partial charge >= 0.3 is 0 Å². The van der Waals surface area contributed by atoms with Gasteiger partial charge in [0, 0.05) is 5.56 Å². The van der Waals surface area contributed by atoms with Crippen molar-refractivity contribution in [2.45, 2.75) is 0 Å². The molecule has 1 rings (SSSR count). The summed E-state index contributed by atoms with van der Waals surface area (Å²) in [7, 11) is 0. The fourth-order valence-electron chi connectivity index (χ4n) is 0.872. The second kappa shape index (κ2) is 4.72. The van der Waals surface area contributed by atoms with Crippen molar-refractivity contribution in [3.8, 4) is 6.19 Å². The van der Waals surface area contributed by atoms with Crippen LogP contribution >= 0.6 is 0 Å². The number of benzene rings is 1. The first kappa shape index (κ1) is 10.7. The quantitative estimate of drug-likeness (QED) is 0.394. The molecule has 0 aliphatic heterocycles. The fraction of sp³-hybridized carbons (Fsp3) is 0. The van der Waals surface area contributed by atoms with Gasteiger partial charge in [-0.15, -0.1) is 4.99 Å². The molecule has 6 heteroatoms. The Labute approximate surface area is 85.0 Å². The lowest BCUT2D eigenvalue weighted by Crippen LogP contribution is -2.36. The predicted molar refractivity (Wildman–Crippen MR) is 51.1 cm³/mol. The highest BCUT2D eigenvalue weighted by Gasteiger charge is 2.06. The molecule has 0 aliphatic rings. The highest BCUT2D eigenvalue weighted by atomic mass is 19.1. The summed E-state index contributed by atoms with van der Waals surface area (Å²) in [5.41, 5.74) is 5.40. The van der Waals surface area contributed by atoms with E-state index in [1.165, 1.54) is 18.3 Å². The van der Waals surface area contributed by atoms with E-state index in [4.69, 9.17) is 11.0 Å². The Morgan fingerprint density at radius 2 is 2.07 bits per heavy atom. The van der Waals surface area contributed by atoms with Crippen LogP contribution in [0.3, 0.4) is 0 Å². The number of rotatable bonds is 1. The molecule has 0 aromatic heterocycles. The lowest BCUT2D eigenvalue weighted by atomic mass is 10.2. The lowest BCUT2D eigenvalue weighted by Gasteiger charge is -2.01. The van der Waals surface area contributed by atoms with Crippen LogP contribution in [0.1, 0.15) is 10.4 Å². The maximum Gasteiger partial charge on any atom is 0.257 e. The van der Waals surface area contributed by atoms with Crippen LogP contribution in [0.25, 0.3) is 0 Å². The number of nitrogens with two attached hydrogens (primary N) is 1. The highest BCUT2D eigenvalue weighted by molar-refractivity contribution is 6.05. The second-order valence-corrected chi connectivity index (χ2v) is 2.56. The summed E-state index contributed by atoms with van der Waals surface area (Å²) in [6.07, 6.45) is 1.42. The van der Waals surface area contributed by atoms with E-state index >= 15 is 0 Å². The van der Waals surface area contributed by atoms with Crippen LogP contribution < -0.4 is 11.1 Å². The SMILES string of the molecule is N#CN=C(N)NC(=O)c1ccc(F)cc1. The molecule has 0 heterocycles. The van der Waals surface area contributed by atoms with Gasteiger partial charge in [-0.3, -0.25) is 10.1 Å². The van der Waals surface area contributed by atoms with E-state index in [9.17, 15) is 9.18 Å². The molecule has 0 saturated carbocycles. The number of hydrogen-bond donors (Lipinski definition) is 2. The van der Waals surface area contributed by atoms with Gasteiger partial charge in [0.15, 0.2) is 0 Å². The van der Waals surface area contributed by atoms with Gasteiger partial charge in [0.2, 0.25) is 12.2 Å². The van der Waals surface area contributed by atoms with Gasteiger partial charge in [-0.05, 0) is 24.3 Å². The van der Waals surface area contributed by atoms with Crippen LogP contribution in [0.15, 0.2) is 29.3 Å². The maximum absolute atomic E-state index is 12.5. The van der Waals surface area contributed by atoms with E-state index in [2.05, 4.69) is 10.3 Å². The molecule has 0 spiro atoms. The first-order chi connectivity index (χ1) is 7.13. The fourth-order valence-corrected chi connectivity index (χ4v) is 0.872. The number of hydrogen-bond acceptors (Lipinski definition) is 3. The third-order valence-corrected chi connectivity index (χ3v) is 1.52. The van der Waals surface area contributed by atoms with E-state index in [-0.39, 0.29) is 11.5 Å². The number of nitrogens with one attached hydrogen (secondary N) is 1. The standard InChI is InChI=1S/C9H7FN4O/c10-7-3-1-6(2-4-7)8(15)14-9(12)13-5-11/h1-4H,(H3,12,13,14,15). The molecule has 76 valence electrons. The monoisotopic (exact) mass is 206 g/mol. The average molecular weight is 206 g/mol. The van der Waals surface area contributed by atoms with Crippen molar-refractivity contribution in [3.05, 3.63) is 35.6 Å². The number of carbonyl (C=O) groups excluding carboxylic acids is 1. The Balaban J connectivity index is 2.75. The topological polar surface area (TPSA) is 91.3 Å². The van der Waals surface area contributed by atoms with Crippen molar-refractivity contribution in [1.82, 2.24) is 5.32 Å². The maximum atomic E-state index is 12.5. The number of guanidine groups is 1. The van der Waals surface area contributed by atoms with Crippen LogP contribution in [-0.4, -0.2) is 11.9 Å². The minimum Gasteiger partial charge on any atom is -0.369 e. The minimum atomic E-state index is -0.550. The van der Waals surface area contributed by atoms with E-state index < -0.39 is 11.7 Å². The van der Waals surface area contributed by atoms with Gasteiger partial charge in [-0.1, -0.05) is 0 Å². The van der Waals surface area contributed by atoms with Gasteiger partial charge in [-0.2, -0.15) is 5.26 Å². The zero-order chi connectivity index (χ0) is 11.3. The second-order valence-electron chi connectivity index (χ2n) is 2.56. The van der Waals surface area contributed by atoms with Gasteiger partial charge in [0.05, 0.1) is 0 Å². The third-order valence-electron chi connectivity index (χ3n) is 1.52. The number of carbonyl (C=O) groups is 1. The Morgan fingerprint density at radius 3 is 2.60 bits per heavy atom. The molecule has 0 bridgehead atoms. The molecule has 5 nitrogen and oxygen atoms in total. The zero-order valence-electron chi connectivity index (χ0n) is 7.57. The van der Waals surface area contributed by atoms with Crippen LogP contribution in [0, 0.1) is 17.3 Å². The van der Waals surface area contributed by atoms with Crippen LogP contribution in [-0.2, 0) is 0 Å². The summed E-state index contributed by atoms with van der Waals surface area (Å²) in [5, 5.41) is 10.3. The average Bonchev–Trinajstić information content (AvgIpc) is 2.18. The van der Waals surface area contributed by atoms with Gasteiger partial charge in [-0.25, -0.2) is 4.39 Å². The third kappa shape index (κ3) is 3.08. The van der Waals surface area contributed by atoms with E-state index in [1.807, 2.05) is 0 Å². The summed E-state index contributed by atoms with van der Waals surface area (Å²) in [4.78, 5) is 14.4. The molecule has 0 aliphatic carbocycles. The minimum absolute atomic E-state index is 0.229. The molecular formula is C9H7FN4O. The summed E-state index contributed by atoms with van der Waals surface area (Å²) in [5.74, 6) is -1.29. The van der Waals surface area contributed by atoms with E-state index in [1.54, 1.807) is 0 Å². The first-order valence-corrected chi connectivity index (χ1v) is 3.92. The lowest BCUT2D eigenvalue weighted by molar-refractivity contribution is 0.0976. The van der Waals surface area contributed by atoms with Crippen LogP contribution in [0.2, 0.25) is 0 Å². The van der Waals surface area contributed by atoms with E-state index in [0.717, 1.165) is 12.1 Å². The summed E-state index contributed by atoms with van der Waals surface area (Å²) in [6, 6.07) is 4.88. The highest BCUT2D eigenvalue weighted by Crippen LogP contribution is 2.01. The van der Waals surface area contributed by atoms with Crippen molar-refractivity contribution >= 4 is 11.9 Å². The van der Waals surface area contributed by atoms with Gasteiger partial charge in [0.1, 0.15) is 5.82 Å². The summed E-state index contributed by atoms with van der Waals surface area (Å²) < 4.78 is 12.5. The molecule has 1 amide bonds. The summed E-state index contributed by atoms with van der Waals surface area (Å²) >= 11 is 0. The molecular weight excluding hydrogens is 199 g/mol. The Bertz CT molecular complexity index is 432. The Hall–Kier alpha value is -2.42. The van der Waals surface area contributed by atoms with Crippen LogP contribution in [0.4, 0.5) is 4.39 Å². The van der Waals surface area contributed by atoms with E-state index in [0.29, 0.717) is 0 Å². The van der Waals surface area contributed by atoms with Crippen molar-refractivity contribution in [2.24, 2.45) is 10.7 Å². The number of halogens is 1. The molecule has 1 aromatic rings. The molecule has 3 N–H and O–H groups in total. The van der Waals surface area contributed by atoms with Gasteiger partial charge in [0.25, 0.3) is 5.91 Å². The molecule has 0 radical (unpaired) electrons. The molecule has 0 unspecified atom stereocenters. The van der Waals surface area contributed by atoms with Crippen molar-refractivity contribution in [2.75, 3.05) is 0 Å². The molecule has 0 atom stereocenters. The number of amides is 1. The smallest absolute Gasteiger partial charge is 0.257 e. The summed E-state index contributed by atoms with van der Waals surface area (Å²) in [6.45, 7) is 0. The zero-order valence-corrected chi connectivity index (χ0v) is 7.57. The molecule has 0 saturated heterocycles. The van der Waals surface area contributed by atoms with Crippen molar-refractivity contribution in [3.63, 3.8) is 0 Å².